The molecular formula is C23H21N3O4. The van der Waals surface area contributed by atoms with Gasteiger partial charge in [-0.1, -0.05) is 24.3 Å². The van der Waals surface area contributed by atoms with E-state index in [9.17, 15) is 9.59 Å². The molecular weight excluding hydrogens is 382 g/mol. The minimum absolute atomic E-state index is 0.185. The summed E-state index contributed by atoms with van der Waals surface area (Å²) < 4.78 is 13.3. The molecule has 1 fully saturated rings. The quantitative estimate of drug-likeness (QED) is 0.726. The first kappa shape index (κ1) is 18.4. The van der Waals surface area contributed by atoms with Crippen molar-refractivity contribution in [2.45, 2.75) is 19.3 Å². The van der Waals surface area contributed by atoms with Gasteiger partial charge in [0.1, 0.15) is 6.10 Å². The summed E-state index contributed by atoms with van der Waals surface area (Å²) in [6, 6.07) is 18.9. The molecule has 5 rings (SSSR count). The third-order valence-corrected chi connectivity index (χ3v) is 5.38. The number of hydrogen-bond donors (Lipinski definition) is 1. The minimum Gasteiger partial charge on any atom is -0.442 e. The van der Waals surface area contributed by atoms with Gasteiger partial charge < -0.3 is 19.4 Å². The van der Waals surface area contributed by atoms with E-state index >= 15 is 0 Å². The molecule has 2 amide bonds. The highest BCUT2D eigenvalue weighted by atomic mass is 16.6. The van der Waals surface area contributed by atoms with Gasteiger partial charge in [-0.2, -0.15) is 0 Å². The molecule has 1 saturated heterocycles. The molecule has 0 saturated carbocycles. The van der Waals surface area contributed by atoms with Gasteiger partial charge in [-0.15, -0.1) is 0 Å². The maximum absolute atomic E-state index is 12.5. The Morgan fingerprint density at radius 2 is 1.93 bits per heavy atom. The number of fused-ring (bicyclic) bond motifs is 3. The lowest BCUT2D eigenvalue weighted by Gasteiger charge is -2.17. The smallest absolute Gasteiger partial charge is 0.414 e. The van der Waals surface area contributed by atoms with Crippen molar-refractivity contribution in [3.8, 4) is 5.69 Å². The second-order valence-electron chi connectivity index (χ2n) is 7.37. The Labute approximate surface area is 173 Å². The van der Waals surface area contributed by atoms with E-state index in [1.54, 1.807) is 17.0 Å². The van der Waals surface area contributed by atoms with E-state index in [-0.39, 0.29) is 12.5 Å². The predicted octanol–water partition coefficient (Wildman–Crippen LogP) is 3.26. The van der Waals surface area contributed by atoms with E-state index < -0.39 is 12.2 Å². The van der Waals surface area contributed by atoms with Crippen molar-refractivity contribution in [2.24, 2.45) is 0 Å². The van der Waals surface area contributed by atoms with Crippen LogP contribution >= 0.6 is 0 Å². The highest BCUT2D eigenvalue weighted by molar-refractivity contribution is 5.94. The summed E-state index contributed by atoms with van der Waals surface area (Å²) in [6.07, 6.45) is 1.18. The third kappa shape index (κ3) is 3.44. The molecule has 2 aromatic carbocycles. The van der Waals surface area contributed by atoms with Crippen LogP contribution in [0.25, 0.3) is 5.69 Å². The summed E-state index contributed by atoms with van der Waals surface area (Å²) in [5.41, 5.74) is 4.47. The molecule has 30 heavy (non-hydrogen) atoms. The van der Waals surface area contributed by atoms with Gasteiger partial charge in [0.15, 0.2) is 0 Å². The number of carbonyl (C=O) groups excluding carboxylic acids is 2. The summed E-state index contributed by atoms with van der Waals surface area (Å²) in [5.74, 6) is -0.185. The first-order chi connectivity index (χ1) is 14.7. The lowest BCUT2D eigenvalue weighted by molar-refractivity contribution is 0.0916. The Balaban J connectivity index is 1.31. The Morgan fingerprint density at radius 3 is 2.80 bits per heavy atom. The van der Waals surface area contributed by atoms with Crippen molar-refractivity contribution in [1.82, 2.24) is 9.88 Å². The van der Waals surface area contributed by atoms with Crippen LogP contribution in [0.4, 0.5) is 10.5 Å². The Hall–Kier alpha value is -3.58. The average Bonchev–Trinajstić information content (AvgIpc) is 3.35. The first-order valence-electron chi connectivity index (χ1n) is 9.88. The molecule has 0 bridgehead atoms. The SMILES string of the molecule is O=C(NC[C@H]1CN(c2ccc3c(c2)-n2cccc2COC3)C(=O)O1)c1ccccc1. The van der Waals surface area contributed by atoms with Gasteiger partial charge in [-0.3, -0.25) is 9.69 Å². The number of carbonyl (C=O) groups is 2. The number of ether oxygens (including phenoxy) is 2. The van der Waals surface area contributed by atoms with Crippen molar-refractivity contribution < 1.29 is 19.1 Å². The Morgan fingerprint density at radius 1 is 1.07 bits per heavy atom. The van der Waals surface area contributed by atoms with Gasteiger partial charge in [-0.25, -0.2) is 4.79 Å². The number of benzene rings is 2. The number of aromatic nitrogens is 1. The van der Waals surface area contributed by atoms with E-state index in [0.717, 1.165) is 22.6 Å². The van der Waals surface area contributed by atoms with Crippen molar-refractivity contribution in [3.63, 3.8) is 0 Å². The van der Waals surface area contributed by atoms with Gasteiger partial charge in [0.2, 0.25) is 0 Å². The molecule has 0 aliphatic carbocycles. The number of nitrogens with one attached hydrogen (secondary N) is 1. The number of amides is 2. The van der Waals surface area contributed by atoms with Crippen LogP contribution in [0.2, 0.25) is 0 Å². The van der Waals surface area contributed by atoms with Gasteiger partial charge in [0, 0.05) is 28.7 Å². The second-order valence-corrected chi connectivity index (χ2v) is 7.37. The van der Waals surface area contributed by atoms with Gasteiger partial charge in [0.05, 0.1) is 32.0 Å². The Bertz CT molecular complexity index is 1090. The molecule has 1 N–H and O–H groups in total. The number of rotatable bonds is 4. The highest BCUT2D eigenvalue weighted by Crippen LogP contribution is 2.30. The molecule has 0 spiro atoms. The fourth-order valence-corrected chi connectivity index (χ4v) is 3.84. The summed E-state index contributed by atoms with van der Waals surface area (Å²) in [6.45, 7) is 1.71. The first-order valence-corrected chi connectivity index (χ1v) is 9.88. The largest absolute Gasteiger partial charge is 0.442 e. The summed E-state index contributed by atoms with van der Waals surface area (Å²) in [5, 5.41) is 2.84. The summed E-state index contributed by atoms with van der Waals surface area (Å²) in [7, 11) is 0. The molecule has 7 nitrogen and oxygen atoms in total. The van der Waals surface area contributed by atoms with E-state index in [1.807, 2.05) is 54.7 Å². The minimum atomic E-state index is -0.411. The third-order valence-electron chi connectivity index (χ3n) is 5.38. The van der Waals surface area contributed by atoms with Crippen molar-refractivity contribution in [2.75, 3.05) is 18.0 Å². The fourth-order valence-electron chi connectivity index (χ4n) is 3.84. The van der Waals surface area contributed by atoms with Crippen LogP contribution in [0.5, 0.6) is 0 Å². The zero-order valence-electron chi connectivity index (χ0n) is 16.3. The molecule has 1 atom stereocenters. The topological polar surface area (TPSA) is 72.8 Å². The van der Waals surface area contributed by atoms with E-state index in [4.69, 9.17) is 9.47 Å². The van der Waals surface area contributed by atoms with Crippen molar-refractivity contribution >= 4 is 17.7 Å². The maximum Gasteiger partial charge on any atom is 0.414 e. The standard InChI is InChI=1S/C23H21N3O4/c27-22(16-5-2-1-3-6-16)24-12-20-13-26(23(28)30-20)18-9-8-17-14-29-15-19-7-4-10-25(19)21(17)11-18/h1-11,20H,12-15H2,(H,24,27)/t20-/m0/s1. The van der Waals surface area contributed by atoms with Crippen LogP contribution in [0.1, 0.15) is 21.6 Å². The molecule has 1 aromatic heterocycles. The molecule has 2 aliphatic rings. The summed E-state index contributed by atoms with van der Waals surface area (Å²) in [4.78, 5) is 26.3. The van der Waals surface area contributed by atoms with E-state index in [0.29, 0.717) is 25.3 Å². The van der Waals surface area contributed by atoms with Crippen LogP contribution in [-0.2, 0) is 22.7 Å². The molecule has 0 radical (unpaired) electrons. The molecule has 2 aliphatic heterocycles. The average molecular weight is 403 g/mol. The number of anilines is 1. The molecule has 3 aromatic rings. The molecule has 3 heterocycles. The van der Waals surface area contributed by atoms with Crippen molar-refractivity contribution in [3.05, 3.63) is 83.7 Å². The van der Waals surface area contributed by atoms with Gasteiger partial charge in [0.25, 0.3) is 5.91 Å². The Kier molecular flexibility index (Phi) is 4.72. The lowest BCUT2D eigenvalue weighted by atomic mass is 10.1. The van der Waals surface area contributed by atoms with Crippen LogP contribution in [0, 0.1) is 0 Å². The molecule has 0 unspecified atom stereocenters. The second kappa shape index (κ2) is 7.68. The summed E-state index contributed by atoms with van der Waals surface area (Å²) >= 11 is 0. The van der Waals surface area contributed by atoms with Crippen LogP contribution in [-0.4, -0.2) is 35.8 Å². The number of cyclic esters (lactones) is 1. The van der Waals surface area contributed by atoms with Crippen molar-refractivity contribution in [1.29, 1.82) is 0 Å². The van der Waals surface area contributed by atoms with Gasteiger partial charge >= 0.3 is 6.09 Å². The van der Waals surface area contributed by atoms with Gasteiger partial charge in [-0.05, 0) is 36.4 Å². The lowest BCUT2D eigenvalue weighted by Crippen LogP contribution is -2.34. The number of hydrogen-bond acceptors (Lipinski definition) is 4. The van der Waals surface area contributed by atoms with Crippen LogP contribution < -0.4 is 10.2 Å². The normalized spacial score (nSPS) is 17.7. The number of nitrogens with zero attached hydrogens (tertiary/aromatic N) is 2. The maximum atomic E-state index is 12.5. The highest BCUT2D eigenvalue weighted by Gasteiger charge is 2.33. The van der Waals surface area contributed by atoms with E-state index in [2.05, 4.69) is 9.88 Å². The zero-order valence-corrected chi connectivity index (χ0v) is 16.3. The molecule has 7 heteroatoms. The van der Waals surface area contributed by atoms with Crippen LogP contribution in [0.3, 0.4) is 0 Å². The zero-order chi connectivity index (χ0) is 20.5. The van der Waals surface area contributed by atoms with E-state index in [1.165, 1.54) is 0 Å². The van der Waals surface area contributed by atoms with Crippen LogP contribution in [0.15, 0.2) is 66.9 Å². The molecule has 152 valence electrons. The monoisotopic (exact) mass is 403 g/mol. The predicted molar refractivity (Wildman–Crippen MR) is 111 cm³/mol. The fraction of sp³-hybridized carbons (Fsp3) is 0.217.